The number of amides is 1. The van der Waals surface area contributed by atoms with E-state index in [0.717, 1.165) is 27.4 Å². The lowest BCUT2D eigenvalue weighted by atomic mass is 10.1. The first kappa shape index (κ1) is 16.8. The highest BCUT2D eigenvalue weighted by Crippen LogP contribution is 2.18. The van der Waals surface area contributed by atoms with Crippen molar-refractivity contribution in [2.24, 2.45) is 0 Å². The van der Waals surface area contributed by atoms with Gasteiger partial charge in [-0.3, -0.25) is 4.79 Å². The number of hydrogen-bond acceptors (Lipinski definition) is 3. The molecule has 0 aromatic heterocycles. The number of hydrogen-bond donors (Lipinski definition) is 1. The van der Waals surface area contributed by atoms with Gasteiger partial charge in [0.15, 0.2) is 0 Å². The Hall–Kier alpha value is -0.590. The van der Waals surface area contributed by atoms with Gasteiger partial charge in [-0.15, -0.1) is 0 Å². The second kappa shape index (κ2) is 8.15. The molecule has 0 saturated carbocycles. The van der Waals surface area contributed by atoms with Crippen LogP contribution in [0.5, 0.6) is 0 Å². The maximum atomic E-state index is 12.0. The van der Waals surface area contributed by atoms with E-state index in [1.165, 1.54) is 24.6 Å². The molecule has 0 aliphatic carbocycles. The van der Waals surface area contributed by atoms with Crippen LogP contribution < -0.4 is 5.32 Å². The van der Waals surface area contributed by atoms with E-state index in [-0.39, 0.29) is 11.9 Å². The fourth-order valence-corrected chi connectivity index (χ4v) is 3.56. The molecule has 3 nitrogen and oxygen atoms in total. The van der Waals surface area contributed by atoms with Crippen LogP contribution in [0.15, 0.2) is 28.7 Å². The minimum Gasteiger partial charge on any atom is -0.358 e. The number of rotatable bonds is 4. The maximum absolute atomic E-state index is 12.0. The lowest BCUT2D eigenvalue weighted by molar-refractivity contribution is -0.119. The van der Waals surface area contributed by atoms with Gasteiger partial charge in [-0.25, -0.2) is 0 Å². The summed E-state index contributed by atoms with van der Waals surface area (Å²) in [5, 5.41) is 3.01. The Kier molecular flexibility index (Phi) is 6.51. The highest BCUT2D eigenvalue weighted by molar-refractivity contribution is 9.10. The number of carbonyl (C=O) groups is 1. The van der Waals surface area contributed by atoms with Gasteiger partial charge < -0.3 is 10.2 Å². The number of nitrogens with one attached hydrogen (secondary N) is 1. The zero-order valence-corrected chi connectivity index (χ0v) is 15.2. The lowest BCUT2D eigenvalue weighted by Gasteiger charge is -2.18. The van der Waals surface area contributed by atoms with Crippen LogP contribution in [-0.4, -0.2) is 34.0 Å². The summed E-state index contributed by atoms with van der Waals surface area (Å²) in [6.07, 6.45) is 2.40. The SMILES string of the molecule is C[C@@H](NC(=O)CSC(=S)N1CCCC1)c1ccc(Br)cc1. The summed E-state index contributed by atoms with van der Waals surface area (Å²) in [7, 11) is 0. The molecule has 1 fully saturated rings. The number of halogens is 1. The molecule has 6 heteroatoms. The third-order valence-electron chi connectivity index (χ3n) is 3.44. The summed E-state index contributed by atoms with van der Waals surface area (Å²) in [6.45, 7) is 4.05. The van der Waals surface area contributed by atoms with Crippen LogP contribution >= 0.6 is 39.9 Å². The normalized spacial score (nSPS) is 15.8. The molecule has 0 unspecified atom stereocenters. The molecule has 2 rings (SSSR count). The minimum absolute atomic E-state index is 0.00607. The van der Waals surface area contributed by atoms with Gasteiger partial charge in [0.2, 0.25) is 5.91 Å². The van der Waals surface area contributed by atoms with Crippen molar-refractivity contribution in [1.82, 2.24) is 10.2 Å². The van der Waals surface area contributed by atoms with Crippen LogP contribution in [0.4, 0.5) is 0 Å². The zero-order chi connectivity index (χ0) is 15.2. The maximum Gasteiger partial charge on any atom is 0.230 e. The largest absolute Gasteiger partial charge is 0.358 e. The molecular formula is C15H19BrN2OS2. The summed E-state index contributed by atoms with van der Waals surface area (Å²) in [6, 6.07) is 7.99. The van der Waals surface area contributed by atoms with Gasteiger partial charge in [0, 0.05) is 17.6 Å². The van der Waals surface area contributed by atoms with Crippen molar-refractivity contribution in [1.29, 1.82) is 0 Å². The monoisotopic (exact) mass is 386 g/mol. The van der Waals surface area contributed by atoms with E-state index in [1.54, 1.807) is 0 Å². The first-order valence-corrected chi connectivity index (χ1v) is 9.21. The van der Waals surface area contributed by atoms with Gasteiger partial charge in [0.1, 0.15) is 4.32 Å². The van der Waals surface area contributed by atoms with E-state index in [0.29, 0.717) is 5.75 Å². The third kappa shape index (κ3) is 5.27. The fraction of sp³-hybridized carbons (Fsp3) is 0.467. The number of carbonyl (C=O) groups excluding carboxylic acids is 1. The molecule has 1 amide bonds. The summed E-state index contributed by atoms with van der Waals surface area (Å²) in [5.74, 6) is 0.410. The molecule has 0 spiro atoms. The number of benzene rings is 1. The number of nitrogens with zero attached hydrogens (tertiary/aromatic N) is 1. The van der Waals surface area contributed by atoms with Gasteiger partial charge >= 0.3 is 0 Å². The molecule has 114 valence electrons. The van der Waals surface area contributed by atoms with Crippen LogP contribution in [0.1, 0.15) is 31.4 Å². The Bertz CT molecular complexity index is 501. The van der Waals surface area contributed by atoms with Crippen LogP contribution in [0, 0.1) is 0 Å². The Balaban J connectivity index is 1.75. The summed E-state index contributed by atoms with van der Waals surface area (Å²) < 4.78 is 1.88. The molecule has 1 N–H and O–H groups in total. The zero-order valence-electron chi connectivity index (χ0n) is 12.0. The average Bonchev–Trinajstić information content (AvgIpc) is 2.99. The molecule has 1 heterocycles. The Morgan fingerprint density at radius 2 is 2.00 bits per heavy atom. The molecule has 1 aliphatic rings. The molecule has 0 bridgehead atoms. The molecule has 1 atom stereocenters. The van der Waals surface area contributed by atoms with Crippen LogP contribution in [0.25, 0.3) is 0 Å². The summed E-state index contributed by atoms with van der Waals surface area (Å²) >= 11 is 10.2. The van der Waals surface area contributed by atoms with Crippen molar-refractivity contribution in [3.8, 4) is 0 Å². The summed E-state index contributed by atoms with van der Waals surface area (Å²) in [4.78, 5) is 14.2. The molecule has 21 heavy (non-hydrogen) atoms. The van der Waals surface area contributed by atoms with Gasteiger partial charge in [0.05, 0.1) is 11.8 Å². The molecule has 1 aliphatic heterocycles. The minimum atomic E-state index is 0.00607. The second-order valence-electron chi connectivity index (χ2n) is 5.09. The Morgan fingerprint density at radius 1 is 1.38 bits per heavy atom. The van der Waals surface area contributed by atoms with Crippen molar-refractivity contribution in [3.05, 3.63) is 34.3 Å². The molecule has 1 aromatic rings. The molecule has 0 radical (unpaired) electrons. The van der Waals surface area contributed by atoms with Gasteiger partial charge in [-0.05, 0) is 37.5 Å². The van der Waals surface area contributed by atoms with Crippen molar-refractivity contribution >= 4 is 50.1 Å². The molecular weight excluding hydrogens is 368 g/mol. The quantitative estimate of drug-likeness (QED) is 0.798. The molecule has 1 aromatic carbocycles. The summed E-state index contributed by atoms with van der Waals surface area (Å²) in [5.41, 5.74) is 1.10. The number of thiocarbonyl (C=S) groups is 1. The van der Waals surface area contributed by atoms with E-state index in [4.69, 9.17) is 12.2 Å². The van der Waals surface area contributed by atoms with Crippen LogP contribution in [0.2, 0.25) is 0 Å². The molecule has 1 saturated heterocycles. The van der Waals surface area contributed by atoms with E-state index < -0.39 is 0 Å². The van der Waals surface area contributed by atoms with Gasteiger partial charge in [-0.2, -0.15) is 0 Å². The smallest absolute Gasteiger partial charge is 0.230 e. The predicted molar refractivity (Wildman–Crippen MR) is 96.6 cm³/mol. The number of thioether (sulfide) groups is 1. The lowest BCUT2D eigenvalue weighted by Crippen LogP contribution is -2.30. The fourth-order valence-electron chi connectivity index (χ4n) is 2.24. The van der Waals surface area contributed by atoms with Crippen molar-refractivity contribution in [3.63, 3.8) is 0 Å². The average molecular weight is 387 g/mol. The van der Waals surface area contributed by atoms with Crippen LogP contribution in [0.3, 0.4) is 0 Å². The van der Waals surface area contributed by atoms with Crippen LogP contribution in [-0.2, 0) is 4.79 Å². The van der Waals surface area contributed by atoms with E-state index in [1.807, 2.05) is 31.2 Å². The standard InChI is InChI=1S/C15H19BrN2OS2/c1-11(12-4-6-13(16)7-5-12)17-14(19)10-21-15(20)18-8-2-3-9-18/h4-7,11H,2-3,8-10H2,1H3,(H,17,19)/t11-/m1/s1. The van der Waals surface area contributed by atoms with E-state index >= 15 is 0 Å². The van der Waals surface area contributed by atoms with Crippen molar-refractivity contribution < 1.29 is 4.79 Å². The van der Waals surface area contributed by atoms with Gasteiger partial charge in [0.25, 0.3) is 0 Å². The first-order chi connectivity index (χ1) is 10.1. The highest BCUT2D eigenvalue weighted by atomic mass is 79.9. The Labute approximate surface area is 144 Å². The van der Waals surface area contributed by atoms with E-state index in [2.05, 4.69) is 26.1 Å². The van der Waals surface area contributed by atoms with Crippen molar-refractivity contribution in [2.45, 2.75) is 25.8 Å². The highest BCUT2D eigenvalue weighted by Gasteiger charge is 2.17. The third-order valence-corrected chi connectivity index (χ3v) is 5.49. The van der Waals surface area contributed by atoms with E-state index in [9.17, 15) is 4.79 Å². The second-order valence-corrected chi connectivity index (χ2v) is 7.61. The first-order valence-electron chi connectivity index (χ1n) is 7.03. The number of likely N-dealkylation sites (tertiary alicyclic amines) is 1. The Morgan fingerprint density at radius 3 is 2.62 bits per heavy atom. The predicted octanol–water partition coefficient (Wildman–Crippen LogP) is 3.74. The topological polar surface area (TPSA) is 32.3 Å². The van der Waals surface area contributed by atoms with Gasteiger partial charge in [-0.1, -0.05) is 52.0 Å². The van der Waals surface area contributed by atoms with Crippen molar-refractivity contribution in [2.75, 3.05) is 18.8 Å².